The molecular weight excluding hydrogens is 254 g/mol. The summed E-state index contributed by atoms with van der Waals surface area (Å²) in [6.45, 7) is 0.794. The van der Waals surface area contributed by atoms with Crippen LogP contribution in [0.1, 0.15) is 37.3 Å². The molecule has 4 heteroatoms. The van der Waals surface area contributed by atoms with Crippen molar-refractivity contribution < 1.29 is 0 Å². The molecule has 1 heterocycles. The number of aromatic nitrogens is 2. The third kappa shape index (κ3) is 2.11. The molecule has 1 aliphatic rings. The van der Waals surface area contributed by atoms with E-state index in [0.717, 1.165) is 11.0 Å². The highest BCUT2D eigenvalue weighted by Crippen LogP contribution is 2.39. The van der Waals surface area contributed by atoms with Gasteiger partial charge in [-0.1, -0.05) is 12.8 Å². The van der Waals surface area contributed by atoms with Gasteiger partial charge < -0.3 is 5.73 Å². The van der Waals surface area contributed by atoms with Crippen LogP contribution in [0.4, 0.5) is 0 Å². The monoisotopic (exact) mass is 271 g/mol. The molecule has 0 radical (unpaired) electrons. The van der Waals surface area contributed by atoms with E-state index < -0.39 is 0 Å². The fourth-order valence-corrected chi connectivity index (χ4v) is 3.33. The number of aryl methyl sites for hydroxylation is 1. The van der Waals surface area contributed by atoms with Crippen molar-refractivity contribution in [1.29, 1.82) is 0 Å². The number of nitrogens with two attached hydrogens (primary N) is 1. The van der Waals surface area contributed by atoms with Crippen molar-refractivity contribution in [2.24, 2.45) is 18.7 Å². The predicted molar refractivity (Wildman–Crippen MR) is 64.7 cm³/mol. The number of halogens is 1. The van der Waals surface area contributed by atoms with Crippen LogP contribution < -0.4 is 5.73 Å². The molecule has 15 heavy (non-hydrogen) atoms. The second-order valence-corrected chi connectivity index (χ2v) is 5.24. The second-order valence-electron chi connectivity index (χ2n) is 4.39. The Bertz CT molecular complexity index is 315. The highest BCUT2D eigenvalue weighted by Gasteiger charge is 2.29. The van der Waals surface area contributed by atoms with Crippen molar-refractivity contribution in [3.63, 3.8) is 0 Å². The predicted octanol–water partition coefficient (Wildman–Crippen LogP) is 2.42. The summed E-state index contributed by atoms with van der Waals surface area (Å²) in [6, 6.07) is 0. The highest BCUT2D eigenvalue weighted by atomic mass is 79.9. The van der Waals surface area contributed by atoms with Gasteiger partial charge in [-0.05, 0) is 41.2 Å². The normalized spacial score (nSPS) is 26.9. The Morgan fingerprint density at radius 3 is 2.87 bits per heavy atom. The summed E-state index contributed by atoms with van der Waals surface area (Å²) in [5.74, 6) is 1.22. The lowest BCUT2D eigenvalue weighted by molar-refractivity contribution is 0.302. The molecule has 0 saturated heterocycles. The third-order valence-electron chi connectivity index (χ3n) is 3.50. The van der Waals surface area contributed by atoms with Gasteiger partial charge in [0.2, 0.25) is 0 Å². The van der Waals surface area contributed by atoms with Crippen LogP contribution in [0.25, 0.3) is 0 Å². The van der Waals surface area contributed by atoms with E-state index >= 15 is 0 Å². The van der Waals surface area contributed by atoms with Gasteiger partial charge in [-0.25, -0.2) is 0 Å². The average Bonchev–Trinajstić information content (AvgIpc) is 2.59. The first-order valence-electron chi connectivity index (χ1n) is 5.61. The molecule has 2 rings (SSSR count). The van der Waals surface area contributed by atoms with Crippen LogP contribution in [0.2, 0.25) is 0 Å². The molecule has 2 atom stereocenters. The van der Waals surface area contributed by atoms with E-state index in [1.807, 2.05) is 17.9 Å². The van der Waals surface area contributed by atoms with Crippen LogP contribution in [0.3, 0.4) is 0 Å². The average molecular weight is 272 g/mol. The number of rotatable bonds is 2. The zero-order valence-electron chi connectivity index (χ0n) is 9.12. The minimum atomic E-state index is 0.589. The van der Waals surface area contributed by atoms with Crippen molar-refractivity contribution in [3.8, 4) is 0 Å². The number of hydrogen-bond donors (Lipinski definition) is 1. The van der Waals surface area contributed by atoms with E-state index in [1.165, 1.54) is 31.4 Å². The molecule has 2 unspecified atom stereocenters. The fourth-order valence-electron chi connectivity index (χ4n) is 2.69. The Labute approximate surface area is 99.2 Å². The Morgan fingerprint density at radius 1 is 1.53 bits per heavy atom. The summed E-state index contributed by atoms with van der Waals surface area (Å²) in [6.07, 6.45) is 7.04. The van der Waals surface area contributed by atoms with Crippen LogP contribution in [-0.4, -0.2) is 16.3 Å². The first-order chi connectivity index (χ1) is 7.24. The van der Waals surface area contributed by atoms with E-state index in [1.54, 1.807) is 0 Å². The highest BCUT2D eigenvalue weighted by molar-refractivity contribution is 9.10. The molecule has 0 amide bonds. The third-order valence-corrected chi connectivity index (χ3v) is 4.11. The SMILES string of the molecule is Cn1ncc(Br)c1C1CCCCC1CN. The minimum Gasteiger partial charge on any atom is -0.330 e. The lowest BCUT2D eigenvalue weighted by Crippen LogP contribution is -2.26. The Kier molecular flexibility index (Phi) is 3.46. The molecule has 1 aromatic heterocycles. The molecule has 0 bridgehead atoms. The van der Waals surface area contributed by atoms with E-state index in [4.69, 9.17) is 5.73 Å². The van der Waals surface area contributed by atoms with Crippen LogP contribution in [0.5, 0.6) is 0 Å². The van der Waals surface area contributed by atoms with Crippen LogP contribution >= 0.6 is 15.9 Å². The molecule has 2 N–H and O–H groups in total. The van der Waals surface area contributed by atoms with Crippen molar-refractivity contribution >= 4 is 15.9 Å². The standard InChI is InChI=1S/C11H18BrN3/c1-15-11(10(12)7-14-15)9-5-3-2-4-8(9)6-13/h7-9H,2-6,13H2,1H3. The lowest BCUT2D eigenvalue weighted by Gasteiger charge is -2.31. The maximum absolute atomic E-state index is 5.85. The van der Waals surface area contributed by atoms with Gasteiger partial charge in [0.1, 0.15) is 0 Å². The molecule has 1 saturated carbocycles. The maximum atomic E-state index is 5.85. The Balaban J connectivity index is 2.27. The van der Waals surface area contributed by atoms with Gasteiger partial charge in [-0.15, -0.1) is 0 Å². The molecule has 84 valence electrons. The molecule has 0 aliphatic heterocycles. The van der Waals surface area contributed by atoms with E-state index in [0.29, 0.717) is 11.8 Å². The van der Waals surface area contributed by atoms with E-state index in [9.17, 15) is 0 Å². The number of nitrogens with zero attached hydrogens (tertiary/aromatic N) is 2. The van der Waals surface area contributed by atoms with Gasteiger partial charge in [0.25, 0.3) is 0 Å². The van der Waals surface area contributed by atoms with Gasteiger partial charge in [-0.2, -0.15) is 5.10 Å². The summed E-state index contributed by atoms with van der Waals surface area (Å²) in [4.78, 5) is 0. The van der Waals surface area contributed by atoms with Gasteiger partial charge in [0, 0.05) is 13.0 Å². The molecule has 0 spiro atoms. The molecule has 1 fully saturated rings. The zero-order valence-corrected chi connectivity index (χ0v) is 10.7. The van der Waals surface area contributed by atoms with Crippen LogP contribution in [0, 0.1) is 5.92 Å². The maximum Gasteiger partial charge on any atom is 0.0635 e. The first-order valence-corrected chi connectivity index (χ1v) is 6.40. The van der Waals surface area contributed by atoms with Gasteiger partial charge in [-0.3, -0.25) is 4.68 Å². The summed E-state index contributed by atoms with van der Waals surface area (Å²) < 4.78 is 3.12. The molecule has 0 aromatic carbocycles. The number of hydrogen-bond acceptors (Lipinski definition) is 2. The van der Waals surface area contributed by atoms with E-state index in [2.05, 4.69) is 21.0 Å². The fraction of sp³-hybridized carbons (Fsp3) is 0.727. The summed E-state index contributed by atoms with van der Waals surface area (Å²) >= 11 is 3.59. The molecule has 1 aliphatic carbocycles. The van der Waals surface area contributed by atoms with Crippen molar-refractivity contribution in [3.05, 3.63) is 16.4 Å². The van der Waals surface area contributed by atoms with Crippen molar-refractivity contribution in [1.82, 2.24) is 9.78 Å². The van der Waals surface area contributed by atoms with Gasteiger partial charge in [0.15, 0.2) is 0 Å². The molecule has 3 nitrogen and oxygen atoms in total. The van der Waals surface area contributed by atoms with Crippen LogP contribution in [-0.2, 0) is 7.05 Å². The summed E-state index contributed by atoms with van der Waals surface area (Å²) in [5.41, 5.74) is 7.18. The summed E-state index contributed by atoms with van der Waals surface area (Å²) in [5, 5.41) is 4.29. The Hall–Kier alpha value is -0.350. The minimum absolute atomic E-state index is 0.589. The second kappa shape index (κ2) is 4.66. The zero-order chi connectivity index (χ0) is 10.8. The van der Waals surface area contributed by atoms with Gasteiger partial charge >= 0.3 is 0 Å². The molecular formula is C11H18BrN3. The van der Waals surface area contributed by atoms with Gasteiger partial charge in [0.05, 0.1) is 16.4 Å². The largest absolute Gasteiger partial charge is 0.330 e. The van der Waals surface area contributed by atoms with Crippen molar-refractivity contribution in [2.45, 2.75) is 31.6 Å². The van der Waals surface area contributed by atoms with E-state index in [-0.39, 0.29) is 0 Å². The quantitative estimate of drug-likeness (QED) is 0.898. The Morgan fingerprint density at radius 2 is 2.27 bits per heavy atom. The first kappa shape index (κ1) is 11.1. The smallest absolute Gasteiger partial charge is 0.0635 e. The molecule has 1 aromatic rings. The van der Waals surface area contributed by atoms with Crippen LogP contribution in [0.15, 0.2) is 10.7 Å². The van der Waals surface area contributed by atoms with Crippen molar-refractivity contribution in [2.75, 3.05) is 6.54 Å². The topological polar surface area (TPSA) is 43.8 Å². The lowest BCUT2D eigenvalue weighted by atomic mass is 9.77. The summed E-state index contributed by atoms with van der Waals surface area (Å²) in [7, 11) is 2.02.